The van der Waals surface area contributed by atoms with E-state index >= 15 is 0 Å². The third-order valence-corrected chi connectivity index (χ3v) is 3.35. The second-order valence-electron chi connectivity index (χ2n) is 4.64. The lowest BCUT2D eigenvalue weighted by Gasteiger charge is -2.17. The van der Waals surface area contributed by atoms with Crippen LogP contribution in [-0.4, -0.2) is 45.7 Å². The first kappa shape index (κ1) is 14.7. The van der Waals surface area contributed by atoms with Gasteiger partial charge in [-0.3, -0.25) is 4.90 Å². The van der Waals surface area contributed by atoms with Gasteiger partial charge in [-0.05, 0) is 18.8 Å². The largest absolute Gasteiger partial charge is 0.480 e. The molecule has 7 heteroatoms. The Labute approximate surface area is 103 Å². The summed E-state index contributed by atoms with van der Waals surface area (Å²) in [4.78, 5) is 22.5. The summed E-state index contributed by atoms with van der Waals surface area (Å²) in [5, 5.41) is 17.7. The second kappa shape index (κ2) is 5.49. The summed E-state index contributed by atoms with van der Waals surface area (Å²) in [6.45, 7) is 1.41. The molecule has 2 atom stereocenters. The first-order chi connectivity index (χ1) is 8.26. The van der Waals surface area contributed by atoms with Gasteiger partial charge in [-0.25, -0.2) is 18.4 Å². The molecule has 1 rings (SSSR count). The summed E-state index contributed by atoms with van der Waals surface area (Å²) in [7, 11) is 0. The van der Waals surface area contributed by atoms with Gasteiger partial charge in [0, 0.05) is 19.4 Å². The van der Waals surface area contributed by atoms with Crippen molar-refractivity contribution in [1.29, 1.82) is 0 Å². The molecule has 104 valence electrons. The summed E-state index contributed by atoms with van der Waals surface area (Å²) >= 11 is 0. The highest BCUT2D eigenvalue weighted by atomic mass is 19.3. The van der Waals surface area contributed by atoms with E-state index in [4.69, 9.17) is 10.2 Å². The predicted molar refractivity (Wildman–Crippen MR) is 58.7 cm³/mol. The fourth-order valence-corrected chi connectivity index (χ4v) is 2.17. The Morgan fingerprint density at radius 3 is 2.39 bits per heavy atom. The zero-order valence-corrected chi connectivity index (χ0v) is 10.1. The van der Waals surface area contributed by atoms with Gasteiger partial charge in [0.05, 0.1) is 0 Å². The van der Waals surface area contributed by atoms with Crippen LogP contribution in [0.4, 0.5) is 13.6 Å². The molecule has 5 nitrogen and oxygen atoms in total. The van der Waals surface area contributed by atoms with E-state index in [-0.39, 0.29) is 38.1 Å². The predicted octanol–water partition coefficient (Wildman–Crippen LogP) is 2.26. The Morgan fingerprint density at radius 2 is 2.00 bits per heavy atom. The van der Waals surface area contributed by atoms with Gasteiger partial charge in [-0.15, -0.1) is 0 Å². The number of halogens is 2. The molecule has 2 N–H and O–H groups in total. The number of carboxylic acid groups (broad SMARTS) is 2. The van der Waals surface area contributed by atoms with Gasteiger partial charge in [-0.2, -0.15) is 0 Å². The van der Waals surface area contributed by atoms with Crippen LogP contribution in [0.5, 0.6) is 0 Å². The lowest BCUT2D eigenvalue weighted by atomic mass is 9.97. The minimum absolute atomic E-state index is 0.0199. The van der Waals surface area contributed by atoms with Crippen LogP contribution in [0.15, 0.2) is 0 Å². The molecule has 0 aliphatic carbocycles. The van der Waals surface area contributed by atoms with Crippen LogP contribution in [0.1, 0.15) is 32.6 Å². The normalized spacial score (nSPS) is 24.3. The number of aliphatic carboxylic acids is 1. The number of hydrogen-bond donors (Lipinski definition) is 2. The maximum absolute atomic E-state index is 13.1. The summed E-state index contributed by atoms with van der Waals surface area (Å²) in [6, 6.07) is -1.11. The lowest BCUT2D eigenvalue weighted by Crippen LogP contribution is -2.39. The van der Waals surface area contributed by atoms with Crippen molar-refractivity contribution >= 4 is 12.1 Å². The first-order valence-electron chi connectivity index (χ1n) is 5.87. The topological polar surface area (TPSA) is 77.8 Å². The molecule has 2 unspecified atom stereocenters. The standard InChI is InChI=1S/C11H17F2NO4/c1-2-11(12,13)4-3-7-5-8(9(15)16)14(6-7)10(17)18/h7-8H,2-6H2,1H3,(H,15,16)(H,17,18). The van der Waals surface area contributed by atoms with Crippen molar-refractivity contribution in [2.24, 2.45) is 5.92 Å². The molecular weight excluding hydrogens is 248 g/mol. The fourth-order valence-electron chi connectivity index (χ4n) is 2.17. The van der Waals surface area contributed by atoms with E-state index in [1.54, 1.807) is 0 Å². The van der Waals surface area contributed by atoms with Crippen LogP contribution in [-0.2, 0) is 4.79 Å². The average Bonchev–Trinajstić information content (AvgIpc) is 2.71. The van der Waals surface area contributed by atoms with Crippen LogP contribution in [0, 0.1) is 5.92 Å². The van der Waals surface area contributed by atoms with E-state index in [0.29, 0.717) is 0 Å². The fraction of sp³-hybridized carbons (Fsp3) is 0.818. The van der Waals surface area contributed by atoms with E-state index in [1.165, 1.54) is 6.92 Å². The van der Waals surface area contributed by atoms with E-state index in [1.807, 2.05) is 0 Å². The summed E-state index contributed by atoms with van der Waals surface area (Å²) in [6.07, 6.45) is -1.64. The summed E-state index contributed by atoms with van der Waals surface area (Å²) < 4.78 is 26.1. The molecule has 0 saturated carbocycles. The lowest BCUT2D eigenvalue weighted by molar-refractivity contribution is -0.141. The van der Waals surface area contributed by atoms with Crippen molar-refractivity contribution in [1.82, 2.24) is 4.90 Å². The van der Waals surface area contributed by atoms with E-state index in [0.717, 1.165) is 4.90 Å². The number of amides is 1. The molecule has 0 bridgehead atoms. The number of nitrogens with zero attached hydrogens (tertiary/aromatic N) is 1. The van der Waals surface area contributed by atoms with E-state index in [2.05, 4.69) is 0 Å². The number of rotatable bonds is 5. The molecule has 0 radical (unpaired) electrons. The third-order valence-electron chi connectivity index (χ3n) is 3.35. The Kier molecular flexibility index (Phi) is 4.48. The van der Waals surface area contributed by atoms with Crippen LogP contribution in [0.2, 0.25) is 0 Å². The number of alkyl halides is 2. The monoisotopic (exact) mass is 265 g/mol. The van der Waals surface area contributed by atoms with Crippen molar-refractivity contribution in [2.75, 3.05) is 6.54 Å². The number of likely N-dealkylation sites (tertiary alicyclic amines) is 1. The minimum Gasteiger partial charge on any atom is -0.480 e. The van der Waals surface area contributed by atoms with Crippen LogP contribution < -0.4 is 0 Å². The molecule has 18 heavy (non-hydrogen) atoms. The zero-order chi connectivity index (χ0) is 13.9. The first-order valence-corrected chi connectivity index (χ1v) is 5.87. The van der Waals surface area contributed by atoms with Crippen LogP contribution in [0.3, 0.4) is 0 Å². The highest BCUT2D eigenvalue weighted by molar-refractivity contribution is 5.80. The van der Waals surface area contributed by atoms with Gasteiger partial charge >= 0.3 is 12.1 Å². The molecular formula is C11H17F2NO4. The van der Waals surface area contributed by atoms with Crippen molar-refractivity contribution in [3.05, 3.63) is 0 Å². The smallest absolute Gasteiger partial charge is 0.408 e. The minimum atomic E-state index is -2.75. The number of hydrogen-bond acceptors (Lipinski definition) is 2. The average molecular weight is 265 g/mol. The summed E-state index contributed by atoms with van der Waals surface area (Å²) in [5.74, 6) is -4.28. The SMILES string of the molecule is CCC(F)(F)CCC1CC(C(=O)O)N(C(=O)O)C1. The molecule has 1 saturated heterocycles. The molecule has 1 aliphatic heterocycles. The zero-order valence-electron chi connectivity index (χ0n) is 10.1. The van der Waals surface area contributed by atoms with Crippen molar-refractivity contribution in [3.8, 4) is 0 Å². The quantitative estimate of drug-likeness (QED) is 0.799. The number of carboxylic acids is 1. The molecule has 1 fully saturated rings. The van der Waals surface area contributed by atoms with Gasteiger partial charge in [0.2, 0.25) is 5.92 Å². The number of carbonyl (C=O) groups is 2. The van der Waals surface area contributed by atoms with Gasteiger partial charge in [0.15, 0.2) is 0 Å². The highest BCUT2D eigenvalue weighted by Crippen LogP contribution is 2.32. The van der Waals surface area contributed by atoms with Crippen LogP contribution >= 0.6 is 0 Å². The molecule has 1 heterocycles. The van der Waals surface area contributed by atoms with Crippen LogP contribution in [0.25, 0.3) is 0 Å². The molecule has 0 aromatic heterocycles. The Morgan fingerprint density at radius 1 is 1.39 bits per heavy atom. The van der Waals surface area contributed by atoms with Crippen molar-refractivity contribution in [2.45, 2.75) is 44.6 Å². The van der Waals surface area contributed by atoms with Gasteiger partial charge < -0.3 is 10.2 Å². The Bertz CT molecular complexity index is 313. The molecule has 0 spiro atoms. The third kappa shape index (κ3) is 3.54. The maximum Gasteiger partial charge on any atom is 0.408 e. The van der Waals surface area contributed by atoms with Gasteiger partial charge in [0.1, 0.15) is 6.04 Å². The van der Waals surface area contributed by atoms with Crippen molar-refractivity contribution < 1.29 is 28.6 Å². The molecule has 0 aromatic rings. The van der Waals surface area contributed by atoms with Gasteiger partial charge in [0.25, 0.3) is 0 Å². The van der Waals surface area contributed by atoms with Gasteiger partial charge in [-0.1, -0.05) is 6.92 Å². The Balaban J connectivity index is 2.56. The highest BCUT2D eigenvalue weighted by Gasteiger charge is 2.40. The summed E-state index contributed by atoms with van der Waals surface area (Å²) in [5.41, 5.74) is 0. The van der Waals surface area contributed by atoms with E-state index in [9.17, 15) is 18.4 Å². The van der Waals surface area contributed by atoms with Crippen molar-refractivity contribution in [3.63, 3.8) is 0 Å². The molecule has 1 amide bonds. The van der Waals surface area contributed by atoms with E-state index < -0.39 is 24.0 Å². The maximum atomic E-state index is 13.1. The molecule has 1 aliphatic rings. The second-order valence-corrected chi connectivity index (χ2v) is 4.64. The Hall–Kier alpha value is -1.40. The molecule has 0 aromatic carbocycles.